The molecule has 0 aromatic heterocycles. The van der Waals surface area contributed by atoms with E-state index in [1.165, 1.54) is 38.5 Å². The lowest BCUT2D eigenvalue weighted by molar-refractivity contribution is -0.0700. The maximum Gasteiger partial charge on any atom is 0.441 e. The second-order valence-corrected chi connectivity index (χ2v) is 8.41. The molecule has 1 unspecified atom stereocenters. The van der Waals surface area contributed by atoms with E-state index >= 15 is 0 Å². The van der Waals surface area contributed by atoms with Crippen molar-refractivity contribution in [3.05, 3.63) is 0 Å². The van der Waals surface area contributed by atoms with Crippen molar-refractivity contribution >= 4 is 11.8 Å². The molecule has 0 radical (unpaired) electrons. The number of alkyl halides is 3. The van der Waals surface area contributed by atoms with Crippen molar-refractivity contribution in [2.24, 2.45) is 23.2 Å². The van der Waals surface area contributed by atoms with Crippen LogP contribution >= 0.6 is 11.8 Å². The first-order valence-corrected chi connectivity index (χ1v) is 8.79. The predicted octanol–water partition coefficient (Wildman–Crippen LogP) is 4.43. The van der Waals surface area contributed by atoms with E-state index in [4.69, 9.17) is 0 Å². The molecule has 0 aliphatic heterocycles. The quantitative estimate of drug-likeness (QED) is 0.754. The third-order valence-electron chi connectivity index (χ3n) is 5.82. The summed E-state index contributed by atoms with van der Waals surface area (Å²) >= 11 is 0.0901. The zero-order chi connectivity index (χ0) is 14.4. The first-order valence-electron chi connectivity index (χ1n) is 7.80. The van der Waals surface area contributed by atoms with E-state index in [1.807, 2.05) is 0 Å². The van der Waals surface area contributed by atoms with Gasteiger partial charge in [0, 0.05) is 18.3 Å². The van der Waals surface area contributed by atoms with Crippen LogP contribution in [0.5, 0.6) is 0 Å². The monoisotopic (exact) mass is 307 g/mol. The van der Waals surface area contributed by atoms with Crippen molar-refractivity contribution in [1.29, 1.82) is 0 Å². The number of thioether (sulfide) groups is 1. The van der Waals surface area contributed by atoms with Gasteiger partial charge in [-0.2, -0.15) is 13.2 Å². The second-order valence-electron chi connectivity index (χ2n) is 7.25. The molecule has 4 aliphatic rings. The van der Waals surface area contributed by atoms with Crippen molar-refractivity contribution < 1.29 is 13.2 Å². The van der Waals surface area contributed by atoms with E-state index < -0.39 is 5.51 Å². The minimum absolute atomic E-state index is 0.0901. The summed E-state index contributed by atoms with van der Waals surface area (Å²) in [6.07, 6.45) is 8.15. The third-order valence-corrected chi connectivity index (χ3v) is 6.56. The fourth-order valence-electron chi connectivity index (χ4n) is 5.37. The fourth-order valence-corrected chi connectivity index (χ4v) is 5.82. The zero-order valence-electron chi connectivity index (χ0n) is 12.0. The van der Waals surface area contributed by atoms with Crippen molar-refractivity contribution in [3.63, 3.8) is 0 Å². The van der Waals surface area contributed by atoms with Crippen LogP contribution in [0.4, 0.5) is 13.2 Å². The van der Waals surface area contributed by atoms with Gasteiger partial charge in [-0.3, -0.25) is 0 Å². The van der Waals surface area contributed by atoms with Gasteiger partial charge >= 0.3 is 5.51 Å². The van der Waals surface area contributed by atoms with Gasteiger partial charge in [0.1, 0.15) is 0 Å². The summed E-state index contributed by atoms with van der Waals surface area (Å²) in [6.45, 7) is 2.67. The standard InChI is InChI=1S/C15H24F3NS/c1-10(19-2-3-20-15(16,17)18)14-7-11-4-12(8-14)6-13(5-11)9-14/h10-13,19H,2-9H2,1H3. The minimum atomic E-state index is -4.09. The number of halogens is 3. The Balaban J connectivity index is 1.51. The van der Waals surface area contributed by atoms with Gasteiger partial charge in [-0.1, -0.05) is 0 Å². The normalized spacial score (nSPS) is 41.1. The minimum Gasteiger partial charge on any atom is -0.313 e. The molecular weight excluding hydrogens is 283 g/mol. The molecule has 20 heavy (non-hydrogen) atoms. The van der Waals surface area contributed by atoms with Gasteiger partial charge in [0.05, 0.1) is 0 Å². The molecule has 1 N–H and O–H groups in total. The molecule has 0 aromatic rings. The van der Waals surface area contributed by atoms with Crippen LogP contribution in [0.2, 0.25) is 0 Å². The zero-order valence-corrected chi connectivity index (χ0v) is 12.8. The fraction of sp³-hybridized carbons (Fsp3) is 1.00. The number of hydrogen-bond donors (Lipinski definition) is 1. The van der Waals surface area contributed by atoms with Crippen molar-refractivity contribution in [3.8, 4) is 0 Å². The Morgan fingerprint density at radius 1 is 1.10 bits per heavy atom. The Bertz CT molecular complexity index is 320. The molecule has 4 saturated carbocycles. The van der Waals surface area contributed by atoms with Crippen molar-refractivity contribution in [1.82, 2.24) is 5.32 Å². The second kappa shape index (κ2) is 5.38. The molecule has 1 nitrogen and oxygen atoms in total. The topological polar surface area (TPSA) is 12.0 Å². The van der Waals surface area contributed by atoms with Gasteiger partial charge < -0.3 is 5.32 Å². The molecule has 5 heteroatoms. The molecule has 4 bridgehead atoms. The molecule has 4 rings (SSSR count). The molecule has 0 aromatic carbocycles. The van der Waals surface area contributed by atoms with Gasteiger partial charge in [0.2, 0.25) is 0 Å². The lowest BCUT2D eigenvalue weighted by atomic mass is 9.48. The van der Waals surface area contributed by atoms with E-state index in [1.54, 1.807) is 0 Å². The van der Waals surface area contributed by atoms with Crippen molar-refractivity contribution in [2.45, 2.75) is 57.0 Å². The Labute approximate surface area is 123 Å². The maximum absolute atomic E-state index is 12.1. The van der Waals surface area contributed by atoms with Crippen LogP contribution in [-0.2, 0) is 0 Å². The Kier molecular flexibility index (Phi) is 4.04. The highest BCUT2D eigenvalue weighted by molar-refractivity contribution is 8.00. The molecule has 0 heterocycles. The summed E-state index contributed by atoms with van der Waals surface area (Å²) in [5.74, 6) is 2.82. The Morgan fingerprint density at radius 3 is 2.05 bits per heavy atom. The molecular formula is C15H24F3NS. The van der Waals surface area contributed by atoms with Crippen LogP contribution < -0.4 is 5.32 Å². The first kappa shape index (κ1) is 15.0. The van der Waals surface area contributed by atoms with Crippen molar-refractivity contribution in [2.75, 3.05) is 12.3 Å². The first-order chi connectivity index (χ1) is 9.36. The van der Waals surface area contributed by atoms with Crippen LogP contribution in [0.25, 0.3) is 0 Å². The molecule has 4 fully saturated rings. The van der Waals surface area contributed by atoms with Crippen LogP contribution in [0.1, 0.15) is 45.4 Å². The highest BCUT2D eigenvalue weighted by Gasteiger charge is 2.52. The van der Waals surface area contributed by atoms with Crippen LogP contribution in [0.15, 0.2) is 0 Å². The van der Waals surface area contributed by atoms with Gasteiger partial charge in [-0.05, 0) is 80.4 Å². The molecule has 4 aliphatic carbocycles. The van der Waals surface area contributed by atoms with Gasteiger partial charge in [-0.25, -0.2) is 0 Å². The lowest BCUT2D eigenvalue weighted by Gasteiger charge is -2.59. The summed E-state index contributed by atoms with van der Waals surface area (Å²) in [5, 5.41) is 3.39. The maximum atomic E-state index is 12.1. The lowest BCUT2D eigenvalue weighted by Crippen LogP contribution is -2.55. The van der Waals surface area contributed by atoms with Crippen LogP contribution in [0, 0.1) is 23.2 Å². The van der Waals surface area contributed by atoms with Gasteiger partial charge in [0.25, 0.3) is 0 Å². The van der Waals surface area contributed by atoms with Crippen LogP contribution in [-0.4, -0.2) is 23.8 Å². The Hall–Kier alpha value is 0.100. The summed E-state index contributed by atoms with van der Waals surface area (Å²) in [7, 11) is 0. The third kappa shape index (κ3) is 3.13. The number of rotatable bonds is 5. The summed E-state index contributed by atoms with van der Waals surface area (Å²) in [6, 6.07) is 0.365. The highest BCUT2D eigenvalue weighted by atomic mass is 32.2. The van der Waals surface area contributed by atoms with Gasteiger partial charge in [-0.15, -0.1) is 0 Å². The summed E-state index contributed by atoms with van der Waals surface area (Å²) < 4.78 is 36.4. The smallest absolute Gasteiger partial charge is 0.313 e. The molecule has 0 spiro atoms. The van der Waals surface area contributed by atoms with Crippen LogP contribution in [0.3, 0.4) is 0 Å². The summed E-state index contributed by atoms with van der Waals surface area (Å²) in [4.78, 5) is 0. The molecule has 0 amide bonds. The van der Waals surface area contributed by atoms with E-state index in [9.17, 15) is 13.2 Å². The molecule has 116 valence electrons. The highest BCUT2D eigenvalue weighted by Crippen LogP contribution is 2.61. The van der Waals surface area contributed by atoms with E-state index in [0.29, 0.717) is 18.0 Å². The number of nitrogens with one attached hydrogen (secondary N) is 1. The molecule has 1 atom stereocenters. The predicted molar refractivity (Wildman–Crippen MR) is 76.6 cm³/mol. The average molecular weight is 307 g/mol. The summed E-state index contributed by atoms with van der Waals surface area (Å²) in [5.41, 5.74) is -3.71. The van der Waals surface area contributed by atoms with E-state index in [-0.39, 0.29) is 17.5 Å². The largest absolute Gasteiger partial charge is 0.441 e. The van der Waals surface area contributed by atoms with E-state index in [0.717, 1.165) is 17.8 Å². The average Bonchev–Trinajstić information content (AvgIpc) is 2.31. The Morgan fingerprint density at radius 2 is 1.60 bits per heavy atom. The van der Waals surface area contributed by atoms with E-state index in [2.05, 4.69) is 12.2 Å². The van der Waals surface area contributed by atoms with Gasteiger partial charge in [0.15, 0.2) is 0 Å². The SMILES string of the molecule is CC(NCCSC(F)(F)F)C12CC3CC(CC(C3)C1)C2. The molecule has 0 saturated heterocycles. The number of hydrogen-bond acceptors (Lipinski definition) is 2.